The van der Waals surface area contributed by atoms with E-state index in [1.165, 1.54) is 0 Å². The van der Waals surface area contributed by atoms with Gasteiger partial charge < -0.3 is 10.6 Å². The maximum absolute atomic E-state index is 12.3. The van der Waals surface area contributed by atoms with Crippen LogP contribution in [-0.2, 0) is 0 Å². The number of carbonyl (C=O) groups is 1. The number of hydrogen-bond acceptors (Lipinski definition) is 3. The monoisotopic (exact) mass is 245 g/mol. The Morgan fingerprint density at radius 1 is 1.56 bits per heavy atom. The van der Waals surface area contributed by atoms with Crippen molar-refractivity contribution in [3.63, 3.8) is 0 Å². The molecule has 0 fully saturated rings. The molecule has 1 amide bonds. The van der Waals surface area contributed by atoms with E-state index in [0.717, 1.165) is 0 Å². The van der Waals surface area contributed by atoms with Crippen molar-refractivity contribution >= 4 is 5.91 Å². The summed E-state index contributed by atoms with van der Waals surface area (Å²) in [7, 11) is 1.79. The fourth-order valence-corrected chi connectivity index (χ4v) is 1.66. The van der Waals surface area contributed by atoms with E-state index in [-0.39, 0.29) is 12.5 Å². The van der Waals surface area contributed by atoms with Crippen LogP contribution in [0.2, 0.25) is 0 Å². The Bertz CT molecular complexity index is 471. The summed E-state index contributed by atoms with van der Waals surface area (Å²) < 4.78 is 0. The first kappa shape index (κ1) is 14.2. The topological polar surface area (TPSA) is 59.2 Å². The lowest BCUT2D eigenvalue weighted by atomic mass is 10.1. The molecule has 0 saturated carbocycles. The average molecular weight is 245 g/mol. The molecule has 1 aromatic heterocycles. The van der Waals surface area contributed by atoms with Crippen molar-refractivity contribution in [3.8, 4) is 11.8 Å². The van der Waals surface area contributed by atoms with Gasteiger partial charge in [0.1, 0.15) is 0 Å². The second kappa shape index (κ2) is 6.77. The first-order chi connectivity index (χ1) is 8.56. The third-order valence-electron chi connectivity index (χ3n) is 2.36. The molecular formula is C14H19N3O. The molecule has 0 spiro atoms. The quantitative estimate of drug-likeness (QED) is 0.812. The summed E-state index contributed by atoms with van der Waals surface area (Å²) >= 11 is 0. The number of carbonyl (C=O) groups excluding carboxylic acids is 1. The van der Waals surface area contributed by atoms with Crippen molar-refractivity contribution in [2.24, 2.45) is 11.7 Å². The van der Waals surface area contributed by atoms with Crippen LogP contribution < -0.4 is 5.73 Å². The summed E-state index contributed by atoms with van der Waals surface area (Å²) in [5.41, 5.74) is 6.55. The minimum Gasteiger partial charge on any atom is -0.341 e. The lowest BCUT2D eigenvalue weighted by Gasteiger charge is -2.19. The van der Waals surface area contributed by atoms with E-state index in [1.54, 1.807) is 30.4 Å². The van der Waals surface area contributed by atoms with Gasteiger partial charge in [0.05, 0.1) is 17.7 Å². The maximum atomic E-state index is 12.3. The Kier molecular flexibility index (Phi) is 5.34. The Labute approximate surface area is 108 Å². The van der Waals surface area contributed by atoms with Gasteiger partial charge in [-0.3, -0.25) is 9.78 Å². The van der Waals surface area contributed by atoms with Crippen molar-refractivity contribution in [3.05, 3.63) is 29.6 Å². The van der Waals surface area contributed by atoms with Crippen LogP contribution in [0.1, 0.15) is 29.8 Å². The van der Waals surface area contributed by atoms with Gasteiger partial charge in [0.15, 0.2) is 0 Å². The number of pyridine rings is 1. The highest BCUT2D eigenvalue weighted by atomic mass is 16.2. The highest BCUT2D eigenvalue weighted by molar-refractivity contribution is 5.96. The number of nitrogens with two attached hydrogens (primary N) is 1. The van der Waals surface area contributed by atoms with Gasteiger partial charge in [0.2, 0.25) is 0 Å². The zero-order chi connectivity index (χ0) is 13.5. The normalized spacial score (nSPS) is 9.83. The van der Waals surface area contributed by atoms with E-state index in [2.05, 4.69) is 30.7 Å². The van der Waals surface area contributed by atoms with Crippen LogP contribution >= 0.6 is 0 Å². The molecule has 1 rings (SSSR count). The van der Waals surface area contributed by atoms with E-state index in [0.29, 0.717) is 23.6 Å². The van der Waals surface area contributed by atoms with Gasteiger partial charge >= 0.3 is 0 Å². The summed E-state index contributed by atoms with van der Waals surface area (Å²) in [6.07, 6.45) is 3.20. The van der Waals surface area contributed by atoms with Crippen LogP contribution in [0.15, 0.2) is 18.5 Å². The van der Waals surface area contributed by atoms with Crippen LogP contribution in [-0.4, -0.2) is 35.9 Å². The Hall–Kier alpha value is -1.86. The zero-order valence-corrected chi connectivity index (χ0v) is 11.1. The first-order valence-electron chi connectivity index (χ1n) is 5.94. The smallest absolute Gasteiger partial charge is 0.254 e. The third-order valence-corrected chi connectivity index (χ3v) is 2.36. The molecule has 0 bridgehead atoms. The van der Waals surface area contributed by atoms with Crippen LogP contribution in [0, 0.1) is 17.8 Å². The standard InChI is InChI=1S/C14H19N3O/c1-11(2)10-17(3)14(18)13-6-8-16-9-12(13)5-4-7-15/h6,8-9,11H,7,10,15H2,1-3H3. The van der Waals surface area contributed by atoms with Crippen LogP contribution in [0.5, 0.6) is 0 Å². The van der Waals surface area contributed by atoms with Crippen molar-refractivity contribution < 1.29 is 4.79 Å². The molecule has 96 valence electrons. The van der Waals surface area contributed by atoms with Crippen molar-refractivity contribution in [1.82, 2.24) is 9.88 Å². The highest BCUT2D eigenvalue weighted by Gasteiger charge is 2.15. The number of rotatable bonds is 3. The predicted molar refractivity (Wildman–Crippen MR) is 72.0 cm³/mol. The molecule has 0 radical (unpaired) electrons. The van der Waals surface area contributed by atoms with Gasteiger partial charge in [-0.15, -0.1) is 0 Å². The second-order valence-corrected chi connectivity index (χ2v) is 4.51. The summed E-state index contributed by atoms with van der Waals surface area (Å²) in [5.74, 6) is 6.02. The van der Waals surface area contributed by atoms with Gasteiger partial charge in [-0.1, -0.05) is 25.7 Å². The molecule has 0 aliphatic heterocycles. The second-order valence-electron chi connectivity index (χ2n) is 4.51. The Morgan fingerprint density at radius 2 is 2.28 bits per heavy atom. The molecule has 0 aromatic carbocycles. The fraction of sp³-hybridized carbons (Fsp3) is 0.429. The summed E-state index contributed by atoms with van der Waals surface area (Å²) in [6, 6.07) is 1.69. The van der Waals surface area contributed by atoms with Crippen molar-refractivity contribution in [2.45, 2.75) is 13.8 Å². The largest absolute Gasteiger partial charge is 0.341 e. The minimum absolute atomic E-state index is 0.0348. The lowest BCUT2D eigenvalue weighted by Crippen LogP contribution is -2.30. The molecule has 0 unspecified atom stereocenters. The lowest BCUT2D eigenvalue weighted by molar-refractivity contribution is 0.0779. The van der Waals surface area contributed by atoms with E-state index in [1.807, 2.05) is 0 Å². The highest BCUT2D eigenvalue weighted by Crippen LogP contribution is 2.09. The minimum atomic E-state index is -0.0348. The average Bonchev–Trinajstić information content (AvgIpc) is 2.35. The molecule has 0 atom stereocenters. The Morgan fingerprint density at radius 3 is 2.89 bits per heavy atom. The number of aromatic nitrogens is 1. The number of amides is 1. The van der Waals surface area contributed by atoms with E-state index in [4.69, 9.17) is 5.73 Å². The molecule has 18 heavy (non-hydrogen) atoms. The van der Waals surface area contributed by atoms with Gasteiger partial charge in [-0.25, -0.2) is 0 Å². The predicted octanol–water partition coefficient (Wildman–Crippen LogP) is 1.12. The number of nitrogens with zero attached hydrogens (tertiary/aromatic N) is 2. The summed E-state index contributed by atoms with van der Waals surface area (Å²) in [6.45, 7) is 5.13. The summed E-state index contributed by atoms with van der Waals surface area (Å²) in [4.78, 5) is 18.0. The molecule has 1 aromatic rings. The van der Waals surface area contributed by atoms with E-state index in [9.17, 15) is 4.79 Å². The van der Waals surface area contributed by atoms with Gasteiger partial charge in [0.25, 0.3) is 5.91 Å². The molecule has 4 heteroatoms. The van der Waals surface area contributed by atoms with Crippen LogP contribution in [0.25, 0.3) is 0 Å². The van der Waals surface area contributed by atoms with Gasteiger partial charge in [-0.2, -0.15) is 0 Å². The molecule has 0 saturated heterocycles. The number of hydrogen-bond donors (Lipinski definition) is 1. The molecule has 1 heterocycles. The maximum Gasteiger partial charge on any atom is 0.254 e. The van der Waals surface area contributed by atoms with Gasteiger partial charge in [-0.05, 0) is 12.0 Å². The SMILES string of the molecule is CC(C)CN(C)C(=O)c1ccncc1C#CCN. The van der Waals surface area contributed by atoms with E-state index >= 15 is 0 Å². The van der Waals surface area contributed by atoms with Gasteiger partial charge in [0, 0.05) is 26.0 Å². The molecule has 0 aliphatic rings. The molecular weight excluding hydrogens is 226 g/mol. The summed E-state index contributed by atoms with van der Waals surface area (Å²) in [5, 5.41) is 0. The van der Waals surface area contributed by atoms with E-state index < -0.39 is 0 Å². The molecule has 2 N–H and O–H groups in total. The zero-order valence-electron chi connectivity index (χ0n) is 11.1. The van der Waals surface area contributed by atoms with Crippen molar-refractivity contribution in [1.29, 1.82) is 0 Å². The Balaban J connectivity index is 2.98. The first-order valence-corrected chi connectivity index (χ1v) is 5.94. The van der Waals surface area contributed by atoms with Crippen LogP contribution in [0.4, 0.5) is 0 Å². The fourth-order valence-electron chi connectivity index (χ4n) is 1.66. The van der Waals surface area contributed by atoms with Crippen molar-refractivity contribution in [2.75, 3.05) is 20.1 Å². The molecule has 0 aliphatic carbocycles. The van der Waals surface area contributed by atoms with Crippen LogP contribution in [0.3, 0.4) is 0 Å². The molecule has 4 nitrogen and oxygen atoms in total. The third kappa shape index (κ3) is 3.86.